The number of aromatic hydroxyl groups is 1. The molecule has 1 aliphatic rings. The molecule has 0 spiro atoms. The van der Waals surface area contributed by atoms with E-state index in [0.717, 1.165) is 27.9 Å². The third-order valence-corrected chi connectivity index (χ3v) is 8.67. The maximum absolute atomic E-state index is 12.4. The molecule has 0 bridgehead atoms. The number of nitrogens with zero attached hydrogens (tertiary/aromatic N) is 5. The molecule has 11 nitrogen and oxygen atoms in total. The lowest BCUT2D eigenvalue weighted by molar-refractivity contribution is -0.268. The second kappa shape index (κ2) is 14.0. The molecule has 12 heteroatoms. The average Bonchev–Trinajstić information content (AvgIpc) is 3.56. The van der Waals surface area contributed by atoms with Crippen molar-refractivity contribution in [1.82, 2.24) is 30.5 Å². The molecule has 1 fully saturated rings. The van der Waals surface area contributed by atoms with Crippen LogP contribution in [0.15, 0.2) is 102 Å². The Morgan fingerprint density at radius 1 is 0.956 bits per heavy atom. The second-order valence-corrected chi connectivity index (χ2v) is 11.7. The quantitative estimate of drug-likeness (QED) is 0.186. The van der Waals surface area contributed by atoms with Crippen LogP contribution in [0.2, 0.25) is 0 Å². The number of benzene rings is 3. The number of nitrogens with one attached hydrogen (secondary N) is 1. The molecule has 6 rings (SSSR count). The Kier molecular flexibility index (Phi) is 9.46. The number of hydrogen-bond donors (Lipinski definition) is 3. The van der Waals surface area contributed by atoms with Crippen LogP contribution in [0.3, 0.4) is 0 Å². The van der Waals surface area contributed by atoms with Gasteiger partial charge in [-0.2, -0.15) is 4.68 Å². The first-order chi connectivity index (χ1) is 22.0. The van der Waals surface area contributed by atoms with E-state index in [0.29, 0.717) is 23.0 Å². The molecule has 3 heterocycles. The minimum atomic E-state index is -0.638. The Bertz CT molecular complexity index is 1700. The highest BCUT2D eigenvalue weighted by atomic mass is 32.2. The van der Waals surface area contributed by atoms with Crippen molar-refractivity contribution < 1.29 is 24.5 Å². The maximum atomic E-state index is 12.4. The number of rotatable bonds is 10. The van der Waals surface area contributed by atoms with Gasteiger partial charge >= 0.3 is 0 Å². The van der Waals surface area contributed by atoms with Gasteiger partial charge in [0.2, 0.25) is 5.16 Å². The molecule has 3 N–H and O–H groups in total. The van der Waals surface area contributed by atoms with Crippen LogP contribution in [0.5, 0.6) is 5.75 Å². The molecule has 3 aromatic carbocycles. The molecule has 45 heavy (non-hydrogen) atoms. The van der Waals surface area contributed by atoms with Crippen LogP contribution in [0.4, 0.5) is 0 Å². The van der Waals surface area contributed by atoms with E-state index < -0.39 is 6.29 Å². The minimum absolute atomic E-state index is 0.0197. The van der Waals surface area contributed by atoms with Crippen molar-refractivity contribution in [2.24, 2.45) is 5.92 Å². The second-order valence-electron chi connectivity index (χ2n) is 10.7. The zero-order valence-corrected chi connectivity index (χ0v) is 25.2. The predicted molar refractivity (Wildman–Crippen MR) is 166 cm³/mol. The van der Waals surface area contributed by atoms with Gasteiger partial charge < -0.3 is 25.0 Å². The van der Waals surface area contributed by atoms with Gasteiger partial charge in [-0.3, -0.25) is 9.78 Å². The first kappa shape index (κ1) is 30.4. The lowest BCUT2D eigenvalue weighted by Gasteiger charge is -2.41. The summed E-state index contributed by atoms with van der Waals surface area (Å²) < 4.78 is 14.8. The van der Waals surface area contributed by atoms with Gasteiger partial charge in [0.25, 0.3) is 5.91 Å². The van der Waals surface area contributed by atoms with E-state index in [9.17, 15) is 15.0 Å². The van der Waals surface area contributed by atoms with Crippen molar-refractivity contribution in [1.29, 1.82) is 0 Å². The van der Waals surface area contributed by atoms with E-state index in [-0.39, 0.29) is 36.4 Å². The summed E-state index contributed by atoms with van der Waals surface area (Å²) >= 11 is 1.48. The Morgan fingerprint density at radius 3 is 2.40 bits per heavy atom. The lowest BCUT2D eigenvalue weighted by Crippen LogP contribution is -2.38. The van der Waals surface area contributed by atoms with Gasteiger partial charge in [-0.05, 0) is 63.5 Å². The Balaban J connectivity index is 1.18. The van der Waals surface area contributed by atoms with Crippen molar-refractivity contribution in [2.45, 2.75) is 43.7 Å². The largest absolute Gasteiger partial charge is 0.508 e. The number of aliphatic hydroxyl groups is 1. The number of amides is 1. The number of aliphatic hydroxyl groups excluding tert-OH is 1. The molecular weight excluding hydrogens is 592 g/mol. The molecule has 230 valence electrons. The maximum Gasteiger partial charge on any atom is 0.253 e. The van der Waals surface area contributed by atoms with Crippen LogP contribution in [-0.4, -0.2) is 53.2 Å². The summed E-state index contributed by atoms with van der Waals surface area (Å²) in [4.78, 5) is 16.4. The monoisotopic (exact) mass is 624 g/mol. The molecule has 1 aliphatic heterocycles. The van der Waals surface area contributed by atoms with Gasteiger partial charge in [0.1, 0.15) is 5.75 Å². The summed E-state index contributed by atoms with van der Waals surface area (Å²) in [6.45, 7) is 2.44. The highest BCUT2D eigenvalue weighted by Crippen LogP contribution is 2.43. The summed E-state index contributed by atoms with van der Waals surface area (Å²) in [7, 11) is 0. The standard InChI is InChI=1S/C33H32N6O5S/c1-21-29(20-45-33-36-37-38-39(33)27-12-14-28(41)15-13-27)43-32(44-30(21)24-8-6-23(19-40)7-9-24)25-10-4-22(5-11-25)17-35-31(42)26-3-2-16-34-18-26/h2-16,18,21,29-30,32,40-41H,17,19-20H2,1H3,(H,35,42)/t21-,29+,30+,32+/m1/s1. The number of carbonyl (C=O) groups is 1. The highest BCUT2D eigenvalue weighted by molar-refractivity contribution is 7.99. The third-order valence-electron chi connectivity index (χ3n) is 7.66. The summed E-state index contributed by atoms with van der Waals surface area (Å²) in [5, 5.41) is 34.9. The molecule has 1 amide bonds. The van der Waals surface area contributed by atoms with Crippen LogP contribution in [0.1, 0.15) is 51.9 Å². The van der Waals surface area contributed by atoms with Crippen molar-refractivity contribution >= 4 is 17.7 Å². The Hall–Kier alpha value is -4.62. The van der Waals surface area contributed by atoms with Crippen molar-refractivity contribution in [3.63, 3.8) is 0 Å². The molecule has 0 unspecified atom stereocenters. The van der Waals surface area contributed by atoms with E-state index in [4.69, 9.17) is 9.47 Å². The number of phenolic OH excluding ortho intramolecular Hbond substituents is 1. The molecule has 0 radical (unpaired) electrons. The number of hydrogen-bond acceptors (Lipinski definition) is 10. The van der Waals surface area contributed by atoms with E-state index in [1.807, 2.05) is 48.5 Å². The number of thioether (sulfide) groups is 1. The van der Waals surface area contributed by atoms with E-state index in [1.54, 1.807) is 47.3 Å². The van der Waals surface area contributed by atoms with Gasteiger partial charge in [-0.15, -0.1) is 5.10 Å². The zero-order chi connectivity index (χ0) is 31.2. The SMILES string of the molecule is C[C@@H]1[C@H](CSc2nnnn2-c2ccc(O)cc2)O[C@H](c2ccc(CNC(=O)c3cccnc3)cc2)O[C@@H]1c1ccc(CO)cc1. The summed E-state index contributed by atoms with van der Waals surface area (Å²) in [5.41, 5.74) is 4.85. The van der Waals surface area contributed by atoms with E-state index in [1.165, 1.54) is 18.0 Å². The molecule has 0 aliphatic carbocycles. The van der Waals surface area contributed by atoms with Crippen LogP contribution in [0, 0.1) is 5.92 Å². The smallest absolute Gasteiger partial charge is 0.253 e. The summed E-state index contributed by atoms with van der Waals surface area (Å²) in [6.07, 6.45) is 2.03. The highest BCUT2D eigenvalue weighted by Gasteiger charge is 2.38. The fourth-order valence-electron chi connectivity index (χ4n) is 5.07. The molecule has 4 atom stereocenters. The van der Waals surface area contributed by atoms with Crippen LogP contribution < -0.4 is 5.32 Å². The Morgan fingerprint density at radius 2 is 1.69 bits per heavy atom. The normalized spacial score (nSPS) is 19.7. The summed E-state index contributed by atoms with van der Waals surface area (Å²) in [6, 6.07) is 25.7. The number of pyridine rings is 1. The van der Waals surface area contributed by atoms with Gasteiger partial charge in [0.15, 0.2) is 6.29 Å². The predicted octanol–water partition coefficient (Wildman–Crippen LogP) is 4.77. The molecule has 2 aromatic heterocycles. The van der Waals surface area contributed by atoms with Crippen molar-refractivity contribution in [3.05, 3.63) is 125 Å². The number of carbonyl (C=O) groups excluding carboxylic acids is 1. The topological polar surface area (TPSA) is 145 Å². The summed E-state index contributed by atoms with van der Waals surface area (Å²) in [5.74, 6) is 0.515. The molecule has 1 saturated heterocycles. The zero-order valence-electron chi connectivity index (χ0n) is 24.4. The molecular formula is C33H32N6O5S. The number of tetrazole rings is 1. The first-order valence-electron chi connectivity index (χ1n) is 14.5. The van der Waals surface area contributed by atoms with Crippen LogP contribution in [-0.2, 0) is 22.6 Å². The Labute approximate surface area is 264 Å². The van der Waals surface area contributed by atoms with Crippen LogP contribution >= 0.6 is 11.8 Å². The number of aromatic nitrogens is 5. The number of phenols is 1. The van der Waals surface area contributed by atoms with Gasteiger partial charge in [-0.1, -0.05) is 67.2 Å². The first-order valence-corrected chi connectivity index (χ1v) is 15.5. The van der Waals surface area contributed by atoms with E-state index in [2.05, 4.69) is 32.7 Å². The molecule has 0 saturated carbocycles. The lowest BCUT2D eigenvalue weighted by atomic mass is 9.91. The van der Waals surface area contributed by atoms with Crippen LogP contribution in [0.25, 0.3) is 5.69 Å². The van der Waals surface area contributed by atoms with Crippen molar-refractivity contribution in [3.8, 4) is 11.4 Å². The van der Waals surface area contributed by atoms with E-state index >= 15 is 0 Å². The van der Waals surface area contributed by atoms with Gasteiger partial charge in [0.05, 0.1) is 30.1 Å². The fourth-order valence-corrected chi connectivity index (χ4v) is 6.12. The van der Waals surface area contributed by atoms with Crippen molar-refractivity contribution in [2.75, 3.05) is 5.75 Å². The van der Waals surface area contributed by atoms with Gasteiger partial charge in [0, 0.05) is 36.2 Å². The third kappa shape index (κ3) is 7.21. The fraction of sp³-hybridized carbons (Fsp3) is 0.242. The average molecular weight is 625 g/mol. The number of ether oxygens (including phenoxy) is 2. The van der Waals surface area contributed by atoms with Gasteiger partial charge in [-0.25, -0.2) is 0 Å². The molecule has 5 aromatic rings. The minimum Gasteiger partial charge on any atom is -0.508 e.